The van der Waals surface area contributed by atoms with Gasteiger partial charge in [-0.3, -0.25) is 0 Å². The van der Waals surface area contributed by atoms with E-state index in [4.69, 9.17) is 4.74 Å². The zero-order valence-corrected chi connectivity index (χ0v) is 9.81. The van der Waals surface area contributed by atoms with Crippen molar-refractivity contribution in [1.82, 2.24) is 4.98 Å². The van der Waals surface area contributed by atoms with Crippen molar-refractivity contribution in [3.05, 3.63) is 24.0 Å². The van der Waals surface area contributed by atoms with Gasteiger partial charge in [0.1, 0.15) is 5.82 Å². The number of hydrogen-bond donors (Lipinski definition) is 1. The molecule has 0 bridgehead atoms. The molecule has 0 aliphatic carbocycles. The van der Waals surface area contributed by atoms with Gasteiger partial charge in [-0.2, -0.15) is 0 Å². The molecule has 1 N–H and O–H groups in total. The van der Waals surface area contributed by atoms with E-state index in [9.17, 15) is 4.39 Å². The van der Waals surface area contributed by atoms with Gasteiger partial charge in [0, 0.05) is 19.2 Å². The number of ether oxygens (including phenoxy) is 1. The van der Waals surface area contributed by atoms with Gasteiger partial charge in [-0.15, -0.1) is 0 Å². The largest absolute Gasteiger partial charge is 0.380 e. The van der Waals surface area contributed by atoms with Crippen molar-refractivity contribution in [3.63, 3.8) is 0 Å². The Bertz CT molecular complexity index is 472. The average Bonchev–Trinajstić information content (AvgIpc) is 2.66. The Morgan fingerprint density at radius 3 is 3.19 bits per heavy atom. The van der Waals surface area contributed by atoms with Crippen LogP contribution in [-0.2, 0) is 4.74 Å². The average molecular weight is 240 g/mol. The van der Waals surface area contributed by atoms with Crippen LogP contribution in [0.15, 0.2) is 18.2 Å². The summed E-state index contributed by atoms with van der Waals surface area (Å²) in [6.45, 7) is 4.05. The van der Waals surface area contributed by atoms with E-state index in [1.807, 2.05) is 6.92 Å². The lowest BCUT2D eigenvalue weighted by Gasteiger charge is -2.01. The summed E-state index contributed by atoms with van der Waals surface area (Å²) >= 11 is 1.52. The maximum absolute atomic E-state index is 12.9. The minimum atomic E-state index is -0.251. The standard InChI is InChI=1S/C11H13FN2OS/c1-2-15-6-5-13-11-14-9-7-8(12)3-4-10(9)16-11/h3-4,7H,2,5-6H2,1H3,(H,13,14). The van der Waals surface area contributed by atoms with E-state index in [-0.39, 0.29) is 5.82 Å². The smallest absolute Gasteiger partial charge is 0.183 e. The van der Waals surface area contributed by atoms with Crippen molar-refractivity contribution < 1.29 is 9.13 Å². The third kappa shape index (κ3) is 2.68. The Hall–Kier alpha value is -1.20. The van der Waals surface area contributed by atoms with Crippen LogP contribution in [0.3, 0.4) is 0 Å². The summed E-state index contributed by atoms with van der Waals surface area (Å²) in [4.78, 5) is 4.28. The molecule has 1 aromatic carbocycles. The van der Waals surface area contributed by atoms with Crippen molar-refractivity contribution in [3.8, 4) is 0 Å². The predicted molar refractivity (Wildman–Crippen MR) is 64.6 cm³/mol. The van der Waals surface area contributed by atoms with E-state index >= 15 is 0 Å². The summed E-state index contributed by atoms with van der Waals surface area (Å²) in [5.41, 5.74) is 0.698. The normalized spacial score (nSPS) is 10.9. The summed E-state index contributed by atoms with van der Waals surface area (Å²) < 4.78 is 19.1. The van der Waals surface area contributed by atoms with Gasteiger partial charge in [0.15, 0.2) is 5.13 Å². The molecule has 0 aliphatic rings. The number of aromatic nitrogens is 1. The van der Waals surface area contributed by atoms with E-state index in [1.54, 1.807) is 6.07 Å². The fourth-order valence-electron chi connectivity index (χ4n) is 1.35. The molecular formula is C11H13FN2OS. The van der Waals surface area contributed by atoms with Crippen LogP contribution in [0.2, 0.25) is 0 Å². The Morgan fingerprint density at radius 1 is 1.50 bits per heavy atom. The number of thiazole rings is 1. The van der Waals surface area contributed by atoms with Gasteiger partial charge >= 0.3 is 0 Å². The second-order valence-electron chi connectivity index (χ2n) is 3.25. The van der Waals surface area contributed by atoms with Crippen molar-refractivity contribution >= 4 is 26.7 Å². The lowest BCUT2D eigenvalue weighted by atomic mass is 10.3. The van der Waals surface area contributed by atoms with E-state index in [1.165, 1.54) is 23.5 Å². The number of fused-ring (bicyclic) bond motifs is 1. The molecule has 0 aliphatic heterocycles. The second kappa shape index (κ2) is 5.23. The number of nitrogens with one attached hydrogen (secondary N) is 1. The minimum Gasteiger partial charge on any atom is -0.380 e. The van der Waals surface area contributed by atoms with E-state index in [0.717, 1.165) is 16.4 Å². The molecule has 5 heteroatoms. The molecule has 2 aromatic rings. The van der Waals surface area contributed by atoms with Crippen molar-refractivity contribution in [2.45, 2.75) is 6.92 Å². The first-order chi connectivity index (χ1) is 7.79. The Kier molecular flexibility index (Phi) is 3.69. The number of rotatable bonds is 5. The molecule has 0 saturated heterocycles. The maximum atomic E-state index is 12.9. The highest BCUT2D eigenvalue weighted by Gasteiger charge is 2.03. The second-order valence-corrected chi connectivity index (χ2v) is 4.29. The first kappa shape index (κ1) is 11.3. The molecule has 0 amide bonds. The van der Waals surface area contributed by atoms with Crippen molar-refractivity contribution in [2.75, 3.05) is 25.1 Å². The quantitative estimate of drug-likeness (QED) is 0.816. The van der Waals surface area contributed by atoms with Crippen LogP contribution in [0.4, 0.5) is 9.52 Å². The molecule has 3 nitrogen and oxygen atoms in total. The molecule has 2 rings (SSSR count). The monoisotopic (exact) mass is 240 g/mol. The molecule has 0 radical (unpaired) electrons. The Balaban J connectivity index is 2.02. The molecule has 86 valence electrons. The highest BCUT2D eigenvalue weighted by atomic mass is 32.1. The predicted octanol–water partition coefficient (Wildman–Crippen LogP) is 2.88. The highest BCUT2D eigenvalue weighted by Crippen LogP contribution is 2.25. The molecule has 1 heterocycles. The number of hydrogen-bond acceptors (Lipinski definition) is 4. The third-order valence-electron chi connectivity index (χ3n) is 2.08. The van der Waals surface area contributed by atoms with Crippen LogP contribution < -0.4 is 5.32 Å². The van der Waals surface area contributed by atoms with Crippen LogP contribution in [0.25, 0.3) is 10.2 Å². The first-order valence-corrected chi connectivity index (χ1v) is 5.99. The summed E-state index contributed by atoms with van der Waals surface area (Å²) in [5.74, 6) is -0.251. The summed E-state index contributed by atoms with van der Waals surface area (Å²) in [6, 6.07) is 4.64. The summed E-state index contributed by atoms with van der Waals surface area (Å²) in [6.07, 6.45) is 0. The van der Waals surface area contributed by atoms with Gasteiger partial charge < -0.3 is 10.1 Å². The summed E-state index contributed by atoms with van der Waals surface area (Å²) in [7, 11) is 0. The highest BCUT2D eigenvalue weighted by molar-refractivity contribution is 7.22. The minimum absolute atomic E-state index is 0.251. The molecule has 0 fully saturated rings. The number of nitrogens with zero attached hydrogens (tertiary/aromatic N) is 1. The molecule has 1 aromatic heterocycles. The van der Waals surface area contributed by atoms with Gasteiger partial charge in [0.05, 0.1) is 16.8 Å². The first-order valence-electron chi connectivity index (χ1n) is 5.17. The van der Waals surface area contributed by atoms with Crippen LogP contribution >= 0.6 is 11.3 Å². The third-order valence-corrected chi connectivity index (χ3v) is 3.07. The van der Waals surface area contributed by atoms with E-state index in [0.29, 0.717) is 18.7 Å². The molecule has 16 heavy (non-hydrogen) atoms. The van der Waals surface area contributed by atoms with Crippen LogP contribution in [0, 0.1) is 5.82 Å². The molecule has 0 atom stereocenters. The molecular weight excluding hydrogens is 227 g/mol. The molecule has 0 spiro atoms. The zero-order valence-electron chi connectivity index (χ0n) is 9.00. The van der Waals surface area contributed by atoms with Crippen LogP contribution in [0.5, 0.6) is 0 Å². The van der Waals surface area contributed by atoms with Crippen molar-refractivity contribution in [2.24, 2.45) is 0 Å². The fraction of sp³-hybridized carbons (Fsp3) is 0.364. The van der Waals surface area contributed by atoms with Gasteiger partial charge in [-0.05, 0) is 19.1 Å². The van der Waals surface area contributed by atoms with Gasteiger partial charge in [-0.25, -0.2) is 9.37 Å². The molecule has 0 saturated carbocycles. The lowest BCUT2D eigenvalue weighted by molar-refractivity contribution is 0.158. The molecule has 0 unspecified atom stereocenters. The Morgan fingerprint density at radius 2 is 2.38 bits per heavy atom. The topological polar surface area (TPSA) is 34.1 Å². The van der Waals surface area contributed by atoms with E-state index < -0.39 is 0 Å². The Labute approximate surface area is 97.3 Å². The number of halogens is 1. The van der Waals surface area contributed by atoms with Gasteiger partial charge in [0.25, 0.3) is 0 Å². The fourth-order valence-corrected chi connectivity index (χ4v) is 2.22. The van der Waals surface area contributed by atoms with Crippen LogP contribution in [-0.4, -0.2) is 24.7 Å². The van der Waals surface area contributed by atoms with Crippen LogP contribution in [0.1, 0.15) is 6.92 Å². The number of anilines is 1. The SMILES string of the molecule is CCOCCNc1nc2cc(F)ccc2s1. The van der Waals surface area contributed by atoms with Gasteiger partial charge in [0.2, 0.25) is 0 Å². The van der Waals surface area contributed by atoms with Crippen molar-refractivity contribution in [1.29, 1.82) is 0 Å². The zero-order chi connectivity index (χ0) is 11.4. The maximum Gasteiger partial charge on any atom is 0.183 e. The number of benzene rings is 1. The lowest BCUT2D eigenvalue weighted by Crippen LogP contribution is -2.08. The van der Waals surface area contributed by atoms with Gasteiger partial charge in [-0.1, -0.05) is 11.3 Å². The van der Waals surface area contributed by atoms with E-state index in [2.05, 4.69) is 10.3 Å². The summed E-state index contributed by atoms with van der Waals surface area (Å²) in [5, 5.41) is 3.95.